The fourth-order valence-electron chi connectivity index (χ4n) is 5.12. The molecule has 0 spiro atoms. The van der Waals surface area contributed by atoms with E-state index in [0.717, 1.165) is 41.9 Å². The highest BCUT2D eigenvalue weighted by atomic mass is 16.5. The highest BCUT2D eigenvalue weighted by Crippen LogP contribution is 2.44. The summed E-state index contributed by atoms with van der Waals surface area (Å²) in [6.45, 7) is 2.65. The van der Waals surface area contributed by atoms with E-state index in [1.54, 1.807) is 13.3 Å². The van der Waals surface area contributed by atoms with E-state index in [1.807, 2.05) is 47.4 Å². The molecule has 5 nitrogen and oxygen atoms in total. The van der Waals surface area contributed by atoms with Gasteiger partial charge in [0.15, 0.2) is 0 Å². The Balaban J connectivity index is 1.37. The molecule has 0 unspecified atom stereocenters. The summed E-state index contributed by atoms with van der Waals surface area (Å²) < 4.78 is 5.30. The minimum atomic E-state index is 0.126. The first kappa shape index (κ1) is 18.1. The predicted molar refractivity (Wildman–Crippen MR) is 113 cm³/mol. The van der Waals surface area contributed by atoms with Crippen molar-refractivity contribution < 1.29 is 9.53 Å². The average Bonchev–Trinajstić information content (AvgIpc) is 3.29. The van der Waals surface area contributed by atoms with Gasteiger partial charge in [-0.05, 0) is 54.9 Å². The topological polar surface area (TPSA) is 45.7 Å². The maximum atomic E-state index is 13.2. The number of pyridine rings is 1. The van der Waals surface area contributed by atoms with Gasteiger partial charge in [-0.1, -0.05) is 18.2 Å². The molecule has 5 rings (SSSR count). The van der Waals surface area contributed by atoms with Crippen LogP contribution in [0.2, 0.25) is 0 Å². The Bertz CT molecular complexity index is 1050. The molecule has 3 heterocycles. The highest BCUT2D eigenvalue weighted by Gasteiger charge is 2.47. The summed E-state index contributed by atoms with van der Waals surface area (Å²) in [5.41, 5.74) is 2.97. The Kier molecular flexibility index (Phi) is 4.47. The SMILES string of the molecule is COc1ccc([C@H]2[C@@H]3CN(C(=O)c4ccc5ncccc5c4)C[C@@H]3CN2C)cc1. The largest absolute Gasteiger partial charge is 0.497 e. The molecule has 2 saturated heterocycles. The molecule has 5 heteroatoms. The van der Waals surface area contributed by atoms with Gasteiger partial charge in [-0.25, -0.2) is 0 Å². The van der Waals surface area contributed by atoms with E-state index in [-0.39, 0.29) is 5.91 Å². The van der Waals surface area contributed by atoms with Crippen LogP contribution in [0.3, 0.4) is 0 Å². The van der Waals surface area contributed by atoms with Crippen LogP contribution in [0.4, 0.5) is 0 Å². The normalized spacial score (nSPS) is 24.1. The molecule has 0 N–H and O–H groups in total. The lowest BCUT2D eigenvalue weighted by Crippen LogP contribution is -2.33. The Hall–Kier alpha value is -2.92. The molecular weight excluding hydrogens is 362 g/mol. The molecule has 2 aliphatic heterocycles. The van der Waals surface area contributed by atoms with Crippen molar-refractivity contribution in [1.82, 2.24) is 14.8 Å². The average molecular weight is 387 g/mol. The van der Waals surface area contributed by atoms with Gasteiger partial charge in [0.05, 0.1) is 12.6 Å². The summed E-state index contributed by atoms with van der Waals surface area (Å²) in [6.07, 6.45) is 1.78. The third-order valence-electron chi connectivity index (χ3n) is 6.49. The third-order valence-corrected chi connectivity index (χ3v) is 6.49. The second-order valence-corrected chi connectivity index (χ2v) is 8.20. The smallest absolute Gasteiger partial charge is 0.253 e. The van der Waals surface area contributed by atoms with E-state index in [1.165, 1.54) is 5.56 Å². The van der Waals surface area contributed by atoms with Crippen LogP contribution in [0, 0.1) is 11.8 Å². The van der Waals surface area contributed by atoms with Crippen molar-refractivity contribution in [3.05, 3.63) is 71.9 Å². The van der Waals surface area contributed by atoms with Crippen LogP contribution in [-0.4, -0.2) is 54.5 Å². The quantitative estimate of drug-likeness (QED) is 0.689. The maximum absolute atomic E-state index is 13.2. The van der Waals surface area contributed by atoms with Gasteiger partial charge in [0.2, 0.25) is 0 Å². The number of carbonyl (C=O) groups is 1. The minimum absolute atomic E-state index is 0.126. The van der Waals surface area contributed by atoms with Crippen molar-refractivity contribution in [3.8, 4) is 5.75 Å². The zero-order valence-electron chi connectivity index (χ0n) is 16.8. The summed E-state index contributed by atoms with van der Waals surface area (Å²) in [7, 11) is 3.88. The number of benzene rings is 2. The fraction of sp³-hybridized carbons (Fsp3) is 0.333. The number of carbonyl (C=O) groups excluding carboxylic acids is 1. The Morgan fingerprint density at radius 2 is 1.90 bits per heavy atom. The van der Waals surface area contributed by atoms with Gasteiger partial charge in [0, 0.05) is 48.7 Å². The second kappa shape index (κ2) is 7.16. The van der Waals surface area contributed by atoms with Crippen molar-refractivity contribution in [2.75, 3.05) is 33.8 Å². The maximum Gasteiger partial charge on any atom is 0.253 e. The molecule has 29 heavy (non-hydrogen) atoms. The molecule has 1 aromatic heterocycles. The van der Waals surface area contributed by atoms with Gasteiger partial charge in [-0.3, -0.25) is 14.7 Å². The molecule has 2 aliphatic rings. The van der Waals surface area contributed by atoms with Gasteiger partial charge < -0.3 is 9.64 Å². The Labute approximate surface area is 170 Å². The molecule has 0 radical (unpaired) electrons. The van der Waals surface area contributed by atoms with Crippen molar-refractivity contribution in [3.63, 3.8) is 0 Å². The fourth-order valence-corrected chi connectivity index (χ4v) is 5.12. The lowest BCUT2D eigenvalue weighted by Gasteiger charge is -2.27. The molecule has 148 valence electrons. The number of fused-ring (bicyclic) bond motifs is 2. The van der Waals surface area contributed by atoms with Crippen molar-refractivity contribution in [2.24, 2.45) is 11.8 Å². The predicted octanol–water partition coefficient (Wildman–Crippen LogP) is 3.62. The number of hydrogen-bond donors (Lipinski definition) is 0. The Morgan fingerprint density at radius 3 is 2.69 bits per heavy atom. The molecule has 3 aromatic rings. The number of aromatic nitrogens is 1. The first-order chi connectivity index (χ1) is 14.1. The lowest BCUT2D eigenvalue weighted by atomic mass is 9.89. The molecule has 0 bridgehead atoms. The van der Waals surface area contributed by atoms with Crippen molar-refractivity contribution in [1.29, 1.82) is 0 Å². The van der Waals surface area contributed by atoms with Crippen molar-refractivity contribution in [2.45, 2.75) is 6.04 Å². The Morgan fingerprint density at radius 1 is 1.07 bits per heavy atom. The summed E-state index contributed by atoms with van der Waals surface area (Å²) in [5, 5.41) is 1.01. The minimum Gasteiger partial charge on any atom is -0.497 e. The van der Waals surface area contributed by atoms with E-state index in [2.05, 4.69) is 29.1 Å². The van der Waals surface area contributed by atoms with Crippen LogP contribution in [0.5, 0.6) is 5.75 Å². The summed E-state index contributed by atoms with van der Waals surface area (Å²) in [5.74, 6) is 1.97. The molecule has 1 amide bonds. The van der Waals surface area contributed by atoms with Gasteiger partial charge in [0.25, 0.3) is 5.91 Å². The van der Waals surface area contributed by atoms with Crippen LogP contribution in [0.15, 0.2) is 60.8 Å². The van der Waals surface area contributed by atoms with E-state index in [0.29, 0.717) is 17.9 Å². The third kappa shape index (κ3) is 3.15. The standard InChI is InChI=1S/C24H25N3O2/c1-26-13-19-14-27(15-21(19)23(26)16-5-8-20(29-2)9-6-16)24(28)18-7-10-22-17(12-18)4-3-11-25-22/h3-12,19,21,23H,13-15H2,1-2H3/t19-,21+,23-/m0/s1. The van der Waals surface area contributed by atoms with E-state index >= 15 is 0 Å². The van der Waals surface area contributed by atoms with E-state index in [4.69, 9.17) is 4.74 Å². The van der Waals surface area contributed by atoms with Crippen LogP contribution < -0.4 is 4.74 Å². The van der Waals surface area contributed by atoms with Crippen LogP contribution in [0.1, 0.15) is 22.0 Å². The van der Waals surface area contributed by atoms with Crippen molar-refractivity contribution >= 4 is 16.8 Å². The molecular formula is C24H25N3O2. The first-order valence-electron chi connectivity index (χ1n) is 10.1. The van der Waals surface area contributed by atoms with Gasteiger partial charge >= 0.3 is 0 Å². The molecule has 0 aliphatic carbocycles. The molecule has 2 fully saturated rings. The number of ether oxygens (including phenoxy) is 1. The number of methoxy groups -OCH3 is 1. The lowest BCUT2D eigenvalue weighted by molar-refractivity contribution is 0.0768. The number of nitrogens with zero attached hydrogens (tertiary/aromatic N) is 3. The van der Waals surface area contributed by atoms with E-state index in [9.17, 15) is 4.79 Å². The first-order valence-corrected chi connectivity index (χ1v) is 10.1. The van der Waals surface area contributed by atoms with Crippen LogP contribution in [0.25, 0.3) is 10.9 Å². The van der Waals surface area contributed by atoms with Gasteiger partial charge in [-0.15, -0.1) is 0 Å². The second-order valence-electron chi connectivity index (χ2n) is 8.20. The number of hydrogen-bond acceptors (Lipinski definition) is 4. The monoisotopic (exact) mass is 387 g/mol. The zero-order chi connectivity index (χ0) is 20.0. The number of amides is 1. The number of likely N-dealkylation sites (tertiary alicyclic amines) is 2. The molecule has 0 saturated carbocycles. The number of rotatable bonds is 3. The molecule has 3 atom stereocenters. The van der Waals surface area contributed by atoms with Crippen LogP contribution in [-0.2, 0) is 0 Å². The van der Waals surface area contributed by atoms with E-state index < -0.39 is 0 Å². The summed E-state index contributed by atoms with van der Waals surface area (Å²) in [4.78, 5) is 22.0. The van der Waals surface area contributed by atoms with Crippen LogP contribution >= 0.6 is 0 Å². The zero-order valence-corrected chi connectivity index (χ0v) is 16.8. The summed E-state index contributed by atoms with van der Waals surface area (Å²) in [6, 6.07) is 18.4. The van der Waals surface area contributed by atoms with Gasteiger partial charge in [0.1, 0.15) is 5.75 Å². The highest BCUT2D eigenvalue weighted by molar-refractivity contribution is 5.98. The molecule has 2 aromatic carbocycles. The summed E-state index contributed by atoms with van der Waals surface area (Å²) >= 11 is 0. The van der Waals surface area contributed by atoms with Gasteiger partial charge in [-0.2, -0.15) is 0 Å².